The molecule has 0 rings (SSSR count). The molecule has 0 aliphatic carbocycles. The molecule has 6 heteroatoms. The van der Waals surface area contributed by atoms with Crippen molar-refractivity contribution in [1.82, 2.24) is 0 Å². The summed E-state index contributed by atoms with van der Waals surface area (Å²) in [6, 6.07) is 0. The molecule has 0 bridgehead atoms. The third-order valence-corrected chi connectivity index (χ3v) is 5.50. The van der Waals surface area contributed by atoms with Gasteiger partial charge in [0.05, 0.1) is 35.5 Å². The Hall–Kier alpha value is -0.170. The highest BCUT2D eigenvalue weighted by Gasteiger charge is 2.30. The van der Waals surface area contributed by atoms with Crippen LogP contribution in [0.4, 0.5) is 0 Å². The molecule has 0 aliphatic heterocycles. The fourth-order valence-corrected chi connectivity index (χ4v) is 4.01. The molecule has 0 spiro atoms. The average Bonchev–Trinajstić information content (AvgIpc) is 2.46. The largest absolute Gasteiger partial charge is 0.748 e. The average molecular weight is 366 g/mol. The summed E-state index contributed by atoms with van der Waals surface area (Å²) in [6.07, 6.45) is 9.08. The molecule has 0 aromatic heterocycles. The van der Waals surface area contributed by atoms with Crippen molar-refractivity contribution in [2.24, 2.45) is 0 Å². The monoisotopic (exact) mass is 365 g/mol. The van der Waals surface area contributed by atoms with E-state index in [0.29, 0.717) is 6.54 Å². The third-order valence-electron chi connectivity index (χ3n) is 4.70. The van der Waals surface area contributed by atoms with Crippen LogP contribution < -0.4 is 0 Å². The lowest BCUT2D eigenvalue weighted by Gasteiger charge is -2.41. The molecular formula is C18H39NO4S. The van der Waals surface area contributed by atoms with E-state index in [1.165, 1.54) is 0 Å². The van der Waals surface area contributed by atoms with Gasteiger partial charge >= 0.3 is 0 Å². The maximum Gasteiger partial charge on any atom is 0.116 e. The van der Waals surface area contributed by atoms with Gasteiger partial charge in [-0.05, 0) is 38.5 Å². The predicted octanol–water partition coefficient (Wildman–Crippen LogP) is 3.28. The Bertz CT molecular complexity index is 371. The summed E-state index contributed by atoms with van der Waals surface area (Å²) in [4.78, 5) is 0. The lowest BCUT2D eigenvalue weighted by atomic mass is 10.1. The van der Waals surface area contributed by atoms with Gasteiger partial charge in [-0.1, -0.05) is 40.0 Å². The second-order valence-corrected chi connectivity index (χ2v) is 8.64. The predicted molar refractivity (Wildman–Crippen MR) is 98.9 cm³/mol. The highest BCUT2D eigenvalue weighted by Crippen LogP contribution is 2.18. The van der Waals surface area contributed by atoms with Crippen molar-refractivity contribution in [2.45, 2.75) is 84.7 Å². The molecule has 0 saturated heterocycles. The summed E-state index contributed by atoms with van der Waals surface area (Å²) in [7, 11) is -4.38. The molecule has 1 atom stereocenters. The Kier molecular flexibility index (Phi) is 13.0. The second kappa shape index (κ2) is 13.1. The van der Waals surface area contributed by atoms with Gasteiger partial charge in [0.15, 0.2) is 0 Å². The number of quaternary nitrogens is 1. The topological polar surface area (TPSA) is 77.4 Å². The van der Waals surface area contributed by atoms with E-state index in [-0.39, 0.29) is 0 Å². The summed E-state index contributed by atoms with van der Waals surface area (Å²) >= 11 is 0. The normalized spacial score (nSPS) is 14.0. The van der Waals surface area contributed by atoms with Crippen LogP contribution in [-0.2, 0) is 10.1 Å². The highest BCUT2D eigenvalue weighted by molar-refractivity contribution is 7.85. The van der Waals surface area contributed by atoms with E-state index < -0.39 is 22.0 Å². The number of aliphatic hydroxyl groups excluding tert-OH is 1. The molecule has 0 saturated carbocycles. The molecule has 146 valence electrons. The summed E-state index contributed by atoms with van der Waals surface area (Å²) in [5.74, 6) is -0.664. The minimum Gasteiger partial charge on any atom is -0.748 e. The van der Waals surface area contributed by atoms with Gasteiger partial charge < -0.3 is 14.1 Å². The molecule has 1 unspecified atom stereocenters. The molecule has 0 aromatic rings. The molecule has 5 nitrogen and oxygen atoms in total. The molecule has 0 radical (unpaired) electrons. The van der Waals surface area contributed by atoms with Gasteiger partial charge in [-0.3, -0.25) is 0 Å². The molecule has 1 N–H and O–H groups in total. The van der Waals surface area contributed by atoms with Crippen LogP contribution in [0, 0.1) is 0 Å². The van der Waals surface area contributed by atoms with E-state index >= 15 is 0 Å². The van der Waals surface area contributed by atoms with Crippen molar-refractivity contribution in [3.05, 3.63) is 0 Å². The van der Waals surface area contributed by atoms with Gasteiger partial charge in [0.1, 0.15) is 12.6 Å². The first-order valence-corrected chi connectivity index (χ1v) is 11.3. The molecule has 0 aromatic carbocycles. The lowest BCUT2D eigenvalue weighted by Crippen LogP contribution is -2.55. The number of rotatable bonds is 16. The van der Waals surface area contributed by atoms with Crippen molar-refractivity contribution in [2.75, 3.05) is 31.9 Å². The van der Waals surface area contributed by atoms with Gasteiger partial charge in [-0.2, -0.15) is 0 Å². The van der Waals surface area contributed by atoms with Crippen LogP contribution in [0.15, 0.2) is 0 Å². The van der Waals surface area contributed by atoms with Crippen LogP contribution in [0.1, 0.15) is 78.6 Å². The van der Waals surface area contributed by atoms with E-state index in [9.17, 15) is 18.1 Å². The van der Waals surface area contributed by atoms with E-state index in [0.717, 1.165) is 81.9 Å². The molecule has 24 heavy (non-hydrogen) atoms. The number of aliphatic hydroxyl groups is 1. The van der Waals surface area contributed by atoms with E-state index in [1.54, 1.807) is 0 Å². The van der Waals surface area contributed by atoms with Crippen LogP contribution in [0.25, 0.3) is 0 Å². The quantitative estimate of drug-likeness (QED) is 0.259. The molecule has 0 fully saturated rings. The summed E-state index contributed by atoms with van der Waals surface area (Å²) in [5, 5.41) is 10.2. The summed E-state index contributed by atoms with van der Waals surface area (Å²) in [5.41, 5.74) is 0. The van der Waals surface area contributed by atoms with Crippen molar-refractivity contribution >= 4 is 10.1 Å². The summed E-state index contributed by atoms with van der Waals surface area (Å²) in [6.45, 7) is 9.80. The first-order chi connectivity index (χ1) is 11.3. The maximum atomic E-state index is 11.0. The van der Waals surface area contributed by atoms with E-state index in [2.05, 4.69) is 20.8 Å². The number of hydrogen-bond acceptors (Lipinski definition) is 4. The SMILES string of the molecule is CCCCC[N+](CCCCC)(CCCCC)CC(O)CS(=O)(=O)[O-]. The fourth-order valence-electron chi connectivity index (χ4n) is 3.44. The van der Waals surface area contributed by atoms with Gasteiger partial charge in [-0.25, -0.2) is 8.42 Å². The highest BCUT2D eigenvalue weighted by atomic mass is 32.2. The van der Waals surface area contributed by atoms with Gasteiger partial charge in [0.2, 0.25) is 0 Å². The van der Waals surface area contributed by atoms with E-state index in [1.807, 2.05) is 0 Å². The second-order valence-electron chi connectivity index (χ2n) is 7.19. The Morgan fingerprint density at radius 1 is 0.833 bits per heavy atom. The molecule has 0 amide bonds. The van der Waals surface area contributed by atoms with Crippen LogP contribution in [0.2, 0.25) is 0 Å². The Morgan fingerprint density at radius 2 is 1.21 bits per heavy atom. The van der Waals surface area contributed by atoms with E-state index in [4.69, 9.17) is 0 Å². The van der Waals surface area contributed by atoms with Gasteiger partial charge in [0, 0.05) is 0 Å². The van der Waals surface area contributed by atoms with Crippen LogP contribution in [0.5, 0.6) is 0 Å². The zero-order valence-electron chi connectivity index (χ0n) is 16.0. The van der Waals surface area contributed by atoms with Crippen molar-refractivity contribution < 1.29 is 22.6 Å². The first kappa shape index (κ1) is 23.8. The van der Waals surface area contributed by atoms with Crippen molar-refractivity contribution in [3.8, 4) is 0 Å². The van der Waals surface area contributed by atoms with Crippen molar-refractivity contribution in [3.63, 3.8) is 0 Å². The molecule has 0 aliphatic rings. The zero-order chi connectivity index (χ0) is 18.5. The minimum atomic E-state index is -4.38. The smallest absolute Gasteiger partial charge is 0.116 e. The van der Waals surface area contributed by atoms with Crippen LogP contribution >= 0.6 is 0 Å². The summed E-state index contributed by atoms with van der Waals surface area (Å²) < 4.78 is 33.7. The van der Waals surface area contributed by atoms with Crippen molar-refractivity contribution in [1.29, 1.82) is 0 Å². The Balaban J connectivity index is 5.02. The van der Waals surface area contributed by atoms with Crippen LogP contribution in [0.3, 0.4) is 0 Å². The molecular weight excluding hydrogens is 326 g/mol. The Labute approximate surface area is 149 Å². The maximum absolute atomic E-state index is 11.0. The standard InChI is InChI=1S/C18H39NO4S/c1-4-7-10-13-19(14-11-8-5-2,15-12-9-6-3)16-18(20)17-24(21,22)23/h18,20H,4-17H2,1-3H3. The number of hydrogen-bond donors (Lipinski definition) is 1. The molecule has 0 heterocycles. The number of nitrogens with zero attached hydrogens (tertiary/aromatic N) is 1. The van der Waals surface area contributed by atoms with Gasteiger partial charge in [0.25, 0.3) is 0 Å². The fraction of sp³-hybridized carbons (Fsp3) is 1.00. The lowest BCUT2D eigenvalue weighted by molar-refractivity contribution is -0.931. The van der Waals surface area contributed by atoms with Gasteiger partial charge in [-0.15, -0.1) is 0 Å². The number of unbranched alkanes of at least 4 members (excludes halogenated alkanes) is 6. The zero-order valence-corrected chi connectivity index (χ0v) is 16.8. The third kappa shape index (κ3) is 12.2. The first-order valence-electron chi connectivity index (χ1n) is 9.75. The Morgan fingerprint density at radius 3 is 1.50 bits per heavy atom. The minimum absolute atomic E-state index is 0.388. The van der Waals surface area contributed by atoms with Crippen LogP contribution in [-0.4, -0.2) is 60.6 Å².